The number of rotatable bonds is 4. The van der Waals surface area contributed by atoms with Gasteiger partial charge in [0.2, 0.25) is 11.8 Å². The maximum Gasteiger partial charge on any atom is 0.254 e. The zero-order valence-electron chi connectivity index (χ0n) is 13.7. The van der Waals surface area contributed by atoms with Crippen molar-refractivity contribution in [2.75, 3.05) is 13.1 Å². The minimum Gasteiger partial charge on any atom is -0.334 e. The first-order valence-electron chi connectivity index (χ1n) is 8.53. The van der Waals surface area contributed by atoms with Gasteiger partial charge in [0, 0.05) is 37.5 Å². The second kappa shape index (κ2) is 7.13. The fourth-order valence-corrected chi connectivity index (χ4v) is 3.41. The van der Waals surface area contributed by atoms with Gasteiger partial charge in [0.15, 0.2) is 0 Å². The van der Waals surface area contributed by atoms with Crippen LogP contribution in [0.4, 0.5) is 0 Å². The van der Waals surface area contributed by atoms with Crippen molar-refractivity contribution in [3.8, 4) is 0 Å². The second-order valence-electron chi connectivity index (χ2n) is 6.45. The molecule has 1 unspecified atom stereocenters. The topological polar surface area (TPSA) is 83.7 Å². The van der Waals surface area contributed by atoms with Crippen LogP contribution in [0.2, 0.25) is 0 Å². The summed E-state index contributed by atoms with van der Waals surface area (Å²) in [6.07, 6.45) is 3.68. The Morgan fingerprint density at radius 1 is 1.08 bits per heavy atom. The van der Waals surface area contributed by atoms with E-state index in [0.29, 0.717) is 24.9 Å². The number of hydrogen-bond acceptors (Lipinski definition) is 4. The molecule has 6 nitrogen and oxygen atoms in total. The van der Waals surface area contributed by atoms with Crippen molar-refractivity contribution in [3.63, 3.8) is 0 Å². The molecule has 24 heavy (non-hydrogen) atoms. The minimum atomic E-state index is -0.126. The predicted octanol–water partition coefficient (Wildman–Crippen LogP) is 1.29. The van der Waals surface area contributed by atoms with Crippen LogP contribution in [0.25, 0.3) is 0 Å². The van der Waals surface area contributed by atoms with Gasteiger partial charge in [0.25, 0.3) is 5.91 Å². The van der Waals surface area contributed by atoms with Crippen molar-refractivity contribution in [2.24, 2.45) is 5.73 Å². The van der Waals surface area contributed by atoms with Crippen molar-refractivity contribution in [1.29, 1.82) is 0 Å². The van der Waals surface area contributed by atoms with Crippen LogP contribution in [0.3, 0.4) is 0 Å². The first-order valence-corrected chi connectivity index (χ1v) is 8.53. The molecule has 128 valence electrons. The van der Waals surface area contributed by atoms with E-state index in [1.54, 1.807) is 12.1 Å². The Bertz CT molecular complexity index is 625. The van der Waals surface area contributed by atoms with E-state index in [1.807, 2.05) is 17.0 Å². The normalized spacial score (nSPS) is 21.5. The number of carbonyl (C=O) groups is 3. The Morgan fingerprint density at radius 2 is 1.75 bits per heavy atom. The van der Waals surface area contributed by atoms with Crippen LogP contribution in [-0.2, 0) is 16.1 Å². The number of imide groups is 1. The first-order chi connectivity index (χ1) is 11.6. The van der Waals surface area contributed by atoms with E-state index in [-0.39, 0.29) is 30.3 Å². The summed E-state index contributed by atoms with van der Waals surface area (Å²) in [5.74, 6) is -0.247. The largest absolute Gasteiger partial charge is 0.334 e. The highest BCUT2D eigenvalue weighted by Crippen LogP contribution is 2.20. The molecule has 6 heteroatoms. The summed E-state index contributed by atoms with van der Waals surface area (Å²) in [5.41, 5.74) is 7.26. The number of carbonyl (C=O) groups excluding carboxylic acids is 3. The summed E-state index contributed by atoms with van der Waals surface area (Å²) >= 11 is 0. The SMILES string of the molecule is NCC1CCCCN1C(=O)c1ccc(CN2C(=O)CCC2=O)cc1. The van der Waals surface area contributed by atoms with Crippen molar-refractivity contribution in [2.45, 2.75) is 44.7 Å². The Labute approximate surface area is 141 Å². The fraction of sp³-hybridized carbons (Fsp3) is 0.500. The molecule has 1 atom stereocenters. The number of nitrogens with zero attached hydrogens (tertiary/aromatic N) is 2. The summed E-state index contributed by atoms with van der Waals surface area (Å²) in [4.78, 5) is 39.2. The fourth-order valence-electron chi connectivity index (χ4n) is 3.41. The van der Waals surface area contributed by atoms with Gasteiger partial charge < -0.3 is 10.6 Å². The molecule has 0 spiro atoms. The number of hydrogen-bond donors (Lipinski definition) is 1. The van der Waals surface area contributed by atoms with E-state index >= 15 is 0 Å². The lowest BCUT2D eigenvalue weighted by Gasteiger charge is -2.35. The highest BCUT2D eigenvalue weighted by molar-refractivity contribution is 6.01. The van der Waals surface area contributed by atoms with Gasteiger partial charge in [-0.3, -0.25) is 19.3 Å². The van der Waals surface area contributed by atoms with Crippen molar-refractivity contribution in [3.05, 3.63) is 35.4 Å². The molecule has 2 saturated heterocycles. The molecule has 3 rings (SSSR count). The maximum atomic E-state index is 12.7. The summed E-state index contributed by atoms with van der Waals surface area (Å²) in [6.45, 7) is 1.52. The van der Waals surface area contributed by atoms with Crippen LogP contribution in [0.15, 0.2) is 24.3 Å². The standard InChI is InChI=1S/C18H23N3O3/c19-11-15-3-1-2-10-20(15)18(24)14-6-4-13(5-7-14)12-21-16(22)8-9-17(21)23/h4-7,15H,1-3,8-12,19H2. The molecule has 0 radical (unpaired) electrons. The molecule has 0 saturated carbocycles. The minimum absolute atomic E-state index is 0.00465. The zero-order chi connectivity index (χ0) is 17.1. The Hall–Kier alpha value is -2.21. The number of likely N-dealkylation sites (tertiary alicyclic amines) is 2. The third-order valence-electron chi connectivity index (χ3n) is 4.86. The molecule has 0 aliphatic carbocycles. The van der Waals surface area contributed by atoms with Gasteiger partial charge in [-0.1, -0.05) is 12.1 Å². The smallest absolute Gasteiger partial charge is 0.254 e. The van der Waals surface area contributed by atoms with Gasteiger partial charge >= 0.3 is 0 Å². The average molecular weight is 329 g/mol. The molecule has 2 N–H and O–H groups in total. The van der Waals surface area contributed by atoms with Crippen LogP contribution in [0.1, 0.15) is 48.0 Å². The quantitative estimate of drug-likeness (QED) is 0.844. The van der Waals surface area contributed by atoms with Crippen LogP contribution < -0.4 is 5.73 Å². The lowest BCUT2D eigenvalue weighted by molar-refractivity contribution is -0.139. The third kappa shape index (κ3) is 3.33. The summed E-state index contributed by atoms with van der Waals surface area (Å²) in [5, 5.41) is 0. The summed E-state index contributed by atoms with van der Waals surface area (Å²) < 4.78 is 0. The molecule has 1 aromatic rings. The van der Waals surface area contributed by atoms with Crippen LogP contribution in [0.5, 0.6) is 0 Å². The number of nitrogens with two attached hydrogens (primary N) is 1. The molecule has 2 fully saturated rings. The van der Waals surface area contributed by atoms with Crippen molar-refractivity contribution < 1.29 is 14.4 Å². The number of benzene rings is 1. The molecule has 2 aliphatic heterocycles. The Morgan fingerprint density at radius 3 is 2.38 bits per heavy atom. The van der Waals surface area contributed by atoms with Gasteiger partial charge in [-0.05, 0) is 37.0 Å². The highest BCUT2D eigenvalue weighted by atomic mass is 16.2. The molecule has 0 bridgehead atoms. The highest BCUT2D eigenvalue weighted by Gasteiger charge is 2.29. The maximum absolute atomic E-state index is 12.7. The van der Waals surface area contributed by atoms with Gasteiger partial charge in [0.05, 0.1) is 6.54 Å². The molecule has 1 aromatic carbocycles. The molecule has 2 heterocycles. The van der Waals surface area contributed by atoms with Gasteiger partial charge in [-0.15, -0.1) is 0 Å². The van der Waals surface area contributed by atoms with Gasteiger partial charge in [-0.25, -0.2) is 0 Å². The lowest BCUT2D eigenvalue weighted by Crippen LogP contribution is -2.47. The van der Waals surface area contributed by atoms with Gasteiger partial charge in [-0.2, -0.15) is 0 Å². The summed E-state index contributed by atoms with van der Waals surface area (Å²) in [6, 6.07) is 7.28. The van der Waals surface area contributed by atoms with Crippen LogP contribution in [0, 0.1) is 0 Å². The van der Waals surface area contributed by atoms with Crippen LogP contribution >= 0.6 is 0 Å². The number of amides is 3. The molecule has 3 amide bonds. The molecule has 0 aromatic heterocycles. The van der Waals surface area contributed by atoms with E-state index in [9.17, 15) is 14.4 Å². The molecule has 2 aliphatic rings. The van der Waals surface area contributed by atoms with E-state index < -0.39 is 0 Å². The Kier molecular flexibility index (Phi) is 4.94. The Balaban J connectivity index is 1.68. The zero-order valence-corrected chi connectivity index (χ0v) is 13.7. The summed E-state index contributed by atoms with van der Waals surface area (Å²) in [7, 11) is 0. The van der Waals surface area contributed by atoms with Crippen LogP contribution in [-0.4, -0.2) is 46.7 Å². The second-order valence-corrected chi connectivity index (χ2v) is 6.45. The van der Waals surface area contributed by atoms with Crippen molar-refractivity contribution >= 4 is 17.7 Å². The lowest BCUT2D eigenvalue weighted by atomic mass is 10.0. The third-order valence-corrected chi connectivity index (χ3v) is 4.86. The molecular formula is C18H23N3O3. The van der Waals surface area contributed by atoms with E-state index in [1.165, 1.54) is 4.90 Å². The van der Waals surface area contributed by atoms with E-state index in [2.05, 4.69) is 0 Å². The number of piperidine rings is 1. The average Bonchev–Trinajstić information content (AvgIpc) is 2.93. The monoisotopic (exact) mass is 329 g/mol. The van der Waals surface area contributed by atoms with Gasteiger partial charge in [0.1, 0.15) is 0 Å². The van der Waals surface area contributed by atoms with Crippen molar-refractivity contribution in [1.82, 2.24) is 9.80 Å². The predicted molar refractivity (Wildman–Crippen MR) is 89.0 cm³/mol. The first kappa shape index (κ1) is 16.6. The van der Waals surface area contributed by atoms with E-state index in [0.717, 1.165) is 31.4 Å². The van der Waals surface area contributed by atoms with E-state index in [4.69, 9.17) is 5.73 Å². The molecular weight excluding hydrogens is 306 g/mol.